The first kappa shape index (κ1) is 14.2. The summed E-state index contributed by atoms with van der Waals surface area (Å²) in [6.45, 7) is 0.525. The van der Waals surface area contributed by atoms with Crippen LogP contribution in [0.2, 0.25) is 0 Å². The van der Waals surface area contributed by atoms with Gasteiger partial charge in [-0.2, -0.15) is 0 Å². The molecule has 0 saturated carbocycles. The molecule has 0 aromatic heterocycles. The van der Waals surface area contributed by atoms with Crippen LogP contribution in [0, 0.1) is 18.2 Å². The number of hydrogen-bond donors (Lipinski definition) is 3. The first-order chi connectivity index (χ1) is 8.57. The Kier molecular flexibility index (Phi) is 5.33. The molecule has 18 heavy (non-hydrogen) atoms. The minimum Gasteiger partial charge on any atom is -0.478 e. The van der Waals surface area contributed by atoms with Crippen molar-refractivity contribution in [3.05, 3.63) is 23.5 Å². The second-order valence-corrected chi connectivity index (χ2v) is 4.48. The largest absolute Gasteiger partial charge is 0.478 e. The van der Waals surface area contributed by atoms with E-state index in [2.05, 4.69) is 11.2 Å². The molecule has 0 aliphatic rings. The van der Waals surface area contributed by atoms with E-state index in [4.69, 9.17) is 17.3 Å². The molecule has 0 radical (unpaired) electrons. The number of anilines is 2. The molecule has 96 valence electrons. The number of carboxylic acids is 1. The van der Waals surface area contributed by atoms with Crippen LogP contribution in [-0.4, -0.2) is 29.1 Å². The number of terminal acetylenes is 1. The minimum atomic E-state index is -1.26. The van der Waals surface area contributed by atoms with Gasteiger partial charge in [0.1, 0.15) is 11.4 Å². The molecule has 0 saturated heterocycles. The summed E-state index contributed by atoms with van der Waals surface area (Å²) in [5.74, 6) is 1.81. The lowest BCUT2D eigenvalue weighted by Gasteiger charge is -2.11. The van der Waals surface area contributed by atoms with Gasteiger partial charge in [-0.3, -0.25) is 0 Å². The number of rotatable bonds is 6. The van der Waals surface area contributed by atoms with Gasteiger partial charge in [0.05, 0.1) is 17.1 Å². The van der Waals surface area contributed by atoms with Crippen molar-refractivity contribution in [1.82, 2.24) is 0 Å². The van der Waals surface area contributed by atoms with Crippen molar-refractivity contribution in [3.63, 3.8) is 0 Å². The summed E-state index contributed by atoms with van der Waals surface area (Å²) in [4.78, 5) is 11.0. The molecule has 6 heteroatoms. The Bertz CT molecular complexity index is 486. The first-order valence-electron chi connectivity index (χ1n) is 5.14. The second-order valence-electron chi connectivity index (χ2n) is 3.37. The maximum Gasteiger partial charge on any atom is 0.340 e. The molecule has 0 atom stereocenters. The van der Waals surface area contributed by atoms with E-state index in [9.17, 15) is 9.18 Å². The first-order valence-corrected chi connectivity index (χ1v) is 6.29. The van der Waals surface area contributed by atoms with Crippen LogP contribution in [0.3, 0.4) is 0 Å². The van der Waals surface area contributed by atoms with Crippen molar-refractivity contribution < 1.29 is 14.3 Å². The molecule has 0 aliphatic heterocycles. The zero-order chi connectivity index (χ0) is 13.5. The Morgan fingerprint density at radius 1 is 1.61 bits per heavy atom. The van der Waals surface area contributed by atoms with Crippen molar-refractivity contribution in [1.29, 1.82) is 0 Å². The number of carbonyl (C=O) groups is 1. The number of nitrogens with one attached hydrogen (secondary N) is 1. The van der Waals surface area contributed by atoms with Gasteiger partial charge < -0.3 is 16.2 Å². The molecule has 4 N–H and O–H groups in total. The number of halogens is 1. The predicted octanol–water partition coefficient (Wildman–Crippen LogP) is 1.88. The molecular formula is C12H13FN2O2S. The Labute approximate surface area is 109 Å². The van der Waals surface area contributed by atoms with Gasteiger partial charge in [0.25, 0.3) is 0 Å². The summed E-state index contributed by atoms with van der Waals surface area (Å²) < 4.78 is 13.2. The Morgan fingerprint density at radius 2 is 2.33 bits per heavy atom. The van der Waals surface area contributed by atoms with Crippen LogP contribution in [-0.2, 0) is 0 Å². The number of aromatic carboxylic acids is 1. The molecule has 1 aromatic carbocycles. The summed E-state index contributed by atoms with van der Waals surface area (Å²) in [5, 5.41) is 11.9. The average molecular weight is 268 g/mol. The molecule has 0 aliphatic carbocycles. The summed E-state index contributed by atoms with van der Waals surface area (Å²) in [6.07, 6.45) is 5.10. The molecule has 0 spiro atoms. The highest BCUT2D eigenvalue weighted by atomic mass is 32.2. The van der Waals surface area contributed by atoms with Gasteiger partial charge in [0.15, 0.2) is 0 Å². The maximum absolute atomic E-state index is 13.2. The summed E-state index contributed by atoms with van der Waals surface area (Å²) in [7, 11) is 0. The Hall–Kier alpha value is -1.87. The van der Waals surface area contributed by atoms with Gasteiger partial charge >= 0.3 is 5.97 Å². The molecule has 0 bridgehead atoms. The fourth-order valence-electron chi connectivity index (χ4n) is 1.36. The van der Waals surface area contributed by atoms with Crippen molar-refractivity contribution in [3.8, 4) is 12.3 Å². The number of benzene rings is 1. The van der Waals surface area contributed by atoms with Gasteiger partial charge in [0.2, 0.25) is 0 Å². The quantitative estimate of drug-likeness (QED) is 0.417. The summed E-state index contributed by atoms with van der Waals surface area (Å²) >= 11 is 1.54. The van der Waals surface area contributed by atoms with Gasteiger partial charge in [0, 0.05) is 12.3 Å². The van der Waals surface area contributed by atoms with Gasteiger partial charge in [-0.15, -0.1) is 18.2 Å². The number of nitrogens with two attached hydrogens (primary N) is 1. The maximum atomic E-state index is 13.2. The molecule has 0 unspecified atom stereocenters. The topological polar surface area (TPSA) is 75.3 Å². The number of thioether (sulfide) groups is 1. The zero-order valence-corrected chi connectivity index (χ0v) is 10.4. The lowest BCUT2D eigenvalue weighted by molar-refractivity contribution is 0.0698. The predicted molar refractivity (Wildman–Crippen MR) is 72.4 cm³/mol. The van der Waals surface area contributed by atoms with E-state index in [1.54, 1.807) is 11.8 Å². The van der Waals surface area contributed by atoms with Crippen molar-refractivity contribution in [2.45, 2.75) is 0 Å². The van der Waals surface area contributed by atoms with E-state index in [-0.39, 0.29) is 11.3 Å². The molecule has 1 rings (SSSR count). The molecule has 0 amide bonds. The van der Waals surface area contributed by atoms with Gasteiger partial charge in [-0.1, -0.05) is 5.92 Å². The zero-order valence-electron chi connectivity index (χ0n) is 9.57. The second kappa shape index (κ2) is 6.77. The van der Waals surface area contributed by atoms with Crippen LogP contribution < -0.4 is 11.1 Å². The van der Waals surface area contributed by atoms with Crippen LogP contribution in [0.5, 0.6) is 0 Å². The molecule has 4 nitrogen and oxygen atoms in total. The smallest absolute Gasteiger partial charge is 0.340 e. The van der Waals surface area contributed by atoms with E-state index < -0.39 is 11.8 Å². The Morgan fingerprint density at radius 3 is 2.94 bits per heavy atom. The number of nitrogen functional groups attached to an aromatic ring is 1. The third kappa shape index (κ3) is 3.57. The Balaban J connectivity index is 2.74. The standard InChI is InChI=1S/C12H13FN2O2S/c1-2-6-18-7-5-15-9-4-3-8(13)11(14)10(9)12(16)17/h1,3-4,15H,5-7,14H2,(H,16,17). The highest BCUT2D eigenvalue weighted by Gasteiger charge is 2.16. The van der Waals surface area contributed by atoms with Crippen molar-refractivity contribution >= 4 is 29.1 Å². The van der Waals surface area contributed by atoms with E-state index in [1.807, 2.05) is 0 Å². The SMILES string of the molecule is C#CCSCCNc1ccc(F)c(N)c1C(=O)O. The average Bonchev–Trinajstić information content (AvgIpc) is 2.33. The summed E-state index contributed by atoms with van der Waals surface area (Å²) in [5.41, 5.74) is 5.12. The van der Waals surface area contributed by atoms with Crippen molar-refractivity contribution in [2.75, 3.05) is 29.1 Å². The monoisotopic (exact) mass is 268 g/mol. The highest BCUT2D eigenvalue weighted by Crippen LogP contribution is 2.25. The van der Waals surface area contributed by atoms with Crippen LogP contribution >= 0.6 is 11.8 Å². The fourth-order valence-corrected chi connectivity index (χ4v) is 1.87. The molecular weight excluding hydrogens is 255 g/mol. The molecule has 0 heterocycles. The van der Waals surface area contributed by atoms with Gasteiger partial charge in [-0.05, 0) is 12.1 Å². The van der Waals surface area contributed by atoms with Gasteiger partial charge in [-0.25, -0.2) is 9.18 Å². The van der Waals surface area contributed by atoms with Crippen LogP contribution in [0.15, 0.2) is 12.1 Å². The highest BCUT2D eigenvalue weighted by molar-refractivity contribution is 7.99. The number of carboxylic acid groups (broad SMARTS) is 1. The fraction of sp³-hybridized carbons (Fsp3) is 0.250. The molecule has 1 aromatic rings. The summed E-state index contributed by atoms with van der Waals surface area (Å²) in [6, 6.07) is 2.50. The van der Waals surface area contributed by atoms with Crippen LogP contribution in [0.25, 0.3) is 0 Å². The normalized spacial score (nSPS) is 9.78. The lowest BCUT2D eigenvalue weighted by atomic mass is 10.1. The third-order valence-corrected chi connectivity index (χ3v) is 3.02. The van der Waals surface area contributed by atoms with E-state index >= 15 is 0 Å². The van der Waals surface area contributed by atoms with E-state index in [1.165, 1.54) is 6.07 Å². The van der Waals surface area contributed by atoms with E-state index in [0.29, 0.717) is 18.0 Å². The minimum absolute atomic E-state index is 0.239. The van der Waals surface area contributed by atoms with E-state index in [0.717, 1.165) is 11.8 Å². The van der Waals surface area contributed by atoms with Crippen molar-refractivity contribution in [2.24, 2.45) is 0 Å². The number of hydrogen-bond acceptors (Lipinski definition) is 4. The van der Waals surface area contributed by atoms with Crippen LogP contribution in [0.1, 0.15) is 10.4 Å². The lowest BCUT2D eigenvalue weighted by Crippen LogP contribution is -2.12. The van der Waals surface area contributed by atoms with Crippen LogP contribution in [0.4, 0.5) is 15.8 Å². The molecule has 0 fully saturated rings. The third-order valence-electron chi connectivity index (χ3n) is 2.15.